The number of hydrogen-bond donors (Lipinski definition) is 1. The number of imidazole rings is 1. The number of halogens is 1. The molecule has 0 radical (unpaired) electrons. The Hall–Kier alpha value is -1.52. The van der Waals surface area contributed by atoms with Gasteiger partial charge in [0, 0.05) is 18.9 Å². The number of sulfonamides is 1. The van der Waals surface area contributed by atoms with Gasteiger partial charge in [0.05, 0.1) is 23.5 Å². The number of aromatic amines is 1. The summed E-state index contributed by atoms with van der Waals surface area (Å²) in [6.07, 6.45) is 7.03. The largest absolute Gasteiger partial charge is 0.459 e. The number of ether oxygens (including phenoxy) is 1. The average molecular weight is 388 g/mol. The van der Waals surface area contributed by atoms with Crippen LogP contribution in [0, 0.1) is 0 Å². The van der Waals surface area contributed by atoms with Gasteiger partial charge in [0.15, 0.2) is 5.03 Å². The molecule has 0 amide bonds. The molecule has 1 unspecified atom stereocenters. The number of hydrogen-bond acceptors (Lipinski definition) is 6. The molecule has 1 atom stereocenters. The third-order valence-electron chi connectivity index (χ3n) is 3.30. The quantitative estimate of drug-likeness (QED) is 0.845. The maximum atomic E-state index is 12.5. The van der Waals surface area contributed by atoms with Crippen molar-refractivity contribution in [3.8, 4) is 6.01 Å². The molecule has 0 saturated carbocycles. The molecule has 118 valence electrons. The van der Waals surface area contributed by atoms with Crippen LogP contribution in [0.2, 0.25) is 0 Å². The Morgan fingerprint density at radius 1 is 1.32 bits per heavy atom. The minimum absolute atomic E-state index is 0.0908. The number of nitrogens with zero attached hydrogens (tertiary/aromatic N) is 4. The minimum atomic E-state index is -3.56. The molecular weight excluding hydrogens is 374 g/mol. The highest BCUT2D eigenvalue weighted by Gasteiger charge is 2.32. The zero-order valence-electron chi connectivity index (χ0n) is 11.5. The first-order valence-electron chi connectivity index (χ1n) is 6.68. The second kappa shape index (κ2) is 6.31. The van der Waals surface area contributed by atoms with Crippen molar-refractivity contribution in [2.75, 3.05) is 13.1 Å². The summed E-state index contributed by atoms with van der Waals surface area (Å²) in [5, 5.41) is 0.0908. The molecule has 10 heteroatoms. The summed E-state index contributed by atoms with van der Waals surface area (Å²) < 4.78 is 32.7. The van der Waals surface area contributed by atoms with Crippen molar-refractivity contribution < 1.29 is 13.2 Å². The van der Waals surface area contributed by atoms with Gasteiger partial charge in [-0.15, -0.1) is 0 Å². The maximum absolute atomic E-state index is 12.5. The van der Waals surface area contributed by atoms with Crippen LogP contribution in [-0.2, 0) is 10.0 Å². The zero-order valence-corrected chi connectivity index (χ0v) is 13.9. The topological polar surface area (TPSA) is 101 Å². The van der Waals surface area contributed by atoms with Crippen LogP contribution in [0.25, 0.3) is 0 Å². The summed E-state index contributed by atoms with van der Waals surface area (Å²) in [6.45, 7) is 0.725. The van der Waals surface area contributed by atoms with E-state index in [-0.39, 0.29) is 23.7 Å². The fraction of sp³-hybridized carbons (Fsp3) is 0.417. The highest BCUT2D eigenvalue weighted by molar-refractivity contribution is 9.10. The third kappa shape index (κ3) is 3.28. The van der Waals surface area contributed by atoms with Crippen LogP contribution >= 0.6 is 15.9 Å². The fourth-order valence-corrected chi connectivity index (χ4v) is 3.86. The first kappa shape index (κ1) is 15.4. The van der Waals surface area contributed by atoms with E-state index in [0.29, 0.717) is 13.0 Å². The lowest BCUT2D eigenvalue weighted by Crippen LogP contribution is -2.44. The lowest BCUT2D eigenvalue weighted by Gasteiger charge is -2.30. The molecule has 0 spiro atoms. The van der Waals surface area contributed by atoms with E-state index < -0.39 is 10.0 Å². The van der Waals surface area contributed by atoms with Gasteiger partial charge in [0.1, 0.15) is 6.10 Å². The second-order valence-corrected chi connectivity index (χ2v) is 7.67. The van der Waals surface area contributed by atoms with Gasteiger partial charge in [-0.1, -0.05) is 0 Å². The van der Waals surface area contributed by atoms with Gasteiger partial charge in [0.25, 0.3) is 10.0 Å². The summed E-state index contributed by atoms with van der Waals surface area (Å²) in [4.78, 5) is 14.5. The molecule has 3 rings (SSSR count). The maximum Gasteiger partial charge on any atom is 0.316 e. The predicted octanol–water partition coefficient (Wildman–Crippen LogP) is 1.19. The molecule has 1 saturated heterocycles. The van der Waals surface area contributed by atoms with E-state index in [1.165, 1.54) is 16.8 Å². The Labute approximate surface area is 136 Å². The van der Waals surface area contributed by atoms with Gasteiger partial charge in [-0.05, 0) is 28.8 Å². The highest BCUT2D eigenvalue weighted by atomic mass is 79.9. The van der Waals surface area contributed by atoms with Crippen molar-refractivity contribution in [2.24, 2.45) is 0 Å². The summed E-state index contributed by atoms with van der Waals surface area (Å²) in [6, 6.07) is 0.244. The normalized spacial score (nSPS) is 20.0. The summed E-state index contributed by atoms with van der Waals surface area (Å²) >= 11 is 3.25. The van der Waals surface area contributed by atoms with E-state index >= 15 is 0 Å². The van der Waals surface area contributed by atoms with Crippen LogP contribution in [0.1, 0.15) is 12.8 Å². The van der Waals surface area contributed by atoms with Crippen LogP contribution < -0.4 is 4.74 Å². The van der Waals surface area contributed by atoms with Crippen LogP contribution in [0.15, 0.2) is 34.4 Å². The molecule has 1 N–H and O–H groups in total. The van der Waals surface area contributed by atoms with Crippen molar-refractivity contribution in [1.29, 1.82) is 0 Å². The van der Waals surface area contributed by atoms with Crippen molar-refractivity contribution in [3.63, 3.8) is 0 Å². The molecule has 0 bridgehead atoms. The molecule has 3 heterocycles. The lowest BCUT2D eigenvalue weighted by atomic mass is 10.1. The predicted molar refractivity (Wildman–Crippen MR) is 80.7 cm³/mol. The Bertz CT molecular complexity index is 720. The van der Waals surface area contributed by atoms with Crippen molar-refractivity contribution in [1.82, 2.24) is 24.2 Å². The molecule has 1 aliphatic heterocycles. The van der Waals surface area contributed by atoms with E-state index in [1.807, 2.05) is 0 Å². The summed E-state index contributed by atoms with van der Waals surface area (Å²) in [5.74, 6) is 0. The first-order valence-corrected chi connectivity index (χ1v) is 8.92. The molecule has 8 nitrogen and oxygen atoms in total. The fourth-order valence-electron chi connectivity index (χ4n) is 2.25. The molecule has 1 fully saturated rings. The molecule has 1 aliphatic rings. The summed E-state index contributed by atoms with van der Waals surface area (Å²) in [5.41, 5.74) is 0. The highest BCUT2D eigenvalue weighted by Crippen LogP contribution is 2.21. The summed E-state index contributed by atoms with van der Waals surface area (Å²) in [7, 11) is -3.56. The smallest absolute Gasteiger partial charge is 0.316 e. The van der Waals surface area contributed by atoms with Gasteiger partial charge in [-0.3, -0.25) is 0 Å². The van der Waals surface area contributed by atoms with Gasteiger partial charge in [-0.2, -0.15) is 4.31 Å². The second-order valence-electron chi connectivity index (χ2n) is 4.84. The van der Waals surface area contributed by atoms with Crippen LogP contribution in [0.5, 0.6) is 6.01 Å². The van der Waals surface area contributed by atoms with Crippen LogP contribution in [0.4, 0.5) is 0 Å². The van der Waals surface area contributed by atoms with Crippen molar-refractivity contribution in [3.05, 3.63) is 29.4 Å². The van der Waals surface area contributed by atoms with Gasteiger partial charge < -0.3 is 9.72 Å². The number of rotatable bonds is 4. The number of nitrogens with one attached hydrogen (secondary N) is 1. The van der Waals surface area contributed by atoms with Crippen molar-refractivity contribution in [2.45, 2.75) is 24.0 Å². The molecule has 22 heavy (non-hydrogen) atoms. The molecule has 0 aromatic carbocycles. The van der Waals surface area contributed by atoms with Crippen molar-refractivity contribution >= 4 is 26.0 Å². The molecule has 2 aromatic heterocycles. The third-order valence-corrected chi connectivity index (χ3v) is 5.50. The zero-order chi connectivity index (χ0) is 15.6. The van der Waals surface area contributed by atoms with E-state index in [9.17, 15) is 8.42 Å². The van der Waals surface area contributed by atoms with Crippen LogP contribution in [0.3, 0.4) is 0 Å². The Morgan fingerprint density at radius 3 is 2.77 bits per heavy atom. The molecular formula is C12H14BrN5O3S. The van der Waals surface area contributed by atoms with Gasteiger partial charge in [-0.25, -0.2) is 23.4 Å². The molecule has 0 aliphatic carbocycles. The number of aromatic nitrogens is 4. The van der Waals surface area contributed by atoms with Crippen LogP contribution in [-0.4, -0.2) is 51.9 Å². The standard InChI is InChI=1S/C12H14BrN5O3S/c13-9-4-15-12(16-5-9)21-10-2-1-3-18(7-10)22(19,20)11-6-14-8-17-11/h4-6,8,10H,1-3,7H2,(H,14,17). The minimum Gasteiger partial charge on any atom is -0.459 e. The lowest BCUT2D eigenvalue weighted by molar-refractivity contribution is 0.119. The SMILES string of the molecule is O=S(=O)(c1cnc[nH]1)N1CCCC(Oc2ncc(Br)cn2)C1. The number of H-pyrrole nitrogens is 1. The Balaban J connectivity index is 1.70. The van der Waals surface area contributed by atoms with E-state index in [1.54, 1.807) is 12.4 Å². The Kier molecular flexibility index (Phi) is 4.41. The van der Waals surface area contributed by atoms with E-state index in [4.69, 9.17) is 4.74 Å². The average Bonchev–Trinajstić information content (AvgIpc) is 3.05. The van der Waals surface area contributed by atoms with Gasteiger partial charge >= 0.3 is 6.01 Å². The van der Waals surface area contributed by atoms with E-state index in [2.05, 4.69) is 35.9 Å². The Morgan fingerprint density at radius 2 is 2.09 bits per heavy atom. The molecule has 2 aromatic rings. The monoisotopic (exact) mass is 387 g/mol. The number of piperidine rings is 1. The van der Waals surface area contributed by atoms with E-state index in [0.717, 1.165) is 10.9 Å². The van der Waals surface area contributed by atoms with Gasteiger partial charge in [0.2, 0.25) is 0 Å². The first-order chi connectivity index (χ1) is 10.6.